The molecule has 12 heavy (non-hydrogen) atoms. The van der Waals surface area contributed by atoms with E-state index in [1.807, 2.05) is 18.7 Å². The molecule has 0 aliphatic heterocycles. The predicted molar refractivity (Wildman–Crippen MR) is 53.5 cm³/mol. The van der Waals surface area contributed by atoms with Gasteiger partial charge in [0.15, 0.2) is 0 Å². The van der Waals surface area contributed by atoms with Gasteiger partial charge in [0.1, 0.15) is 0 Å². The van der Waals surface area contributed by atoms with Crippen LogP contribution in [0.3, 0.4) is 0 Å². The number of amides is 1. The highest BCUT2D eigenvalue weighted by atomic mass is 35.5. The van der Waals surface area contributed by atoms with Crippen LogP contribution >= 0.6 is 12.4 Å². The highest BCUT2D eigenvalue weighted by molar-refractivity contribution is 5.85. The van der Waals surface area contributed by atoms with Crippen LogP contribution in [0.25, 0.3) is 0 Å². The highest BCUT2D eigenvalue weighted by Gasteiger charge is 2.07. The molecule has 4 heteroatoms. The lowest BCUT2D eigenvalue weighted by Crippen LogP contribution is -2.30. The van der Waals surface area contributed by atoms with Gasteiger partial charge >= 0.3 is 0 Å². The Hall–Kier alpha value is -0.280. The molecule has 0 fully saturated rings. The monoisotopic (exact) mass is 194 g/mol. The fourth-order valence-electron chi connectivity index (χ4n) is 0.988. The Bertz CT molecular complexity index is 116. The molecule has 0 rings (SSSR count). The Morgan fingerprint density at radius 3 is 2.17 bits per heavy atom. The molecule has 0 aromatic heterocycles. The van der Waals surface area contributed by atoms with Gasteiger partial charge in [-0.05, 0) is 26.8 Å². The molecule has 0 saturated heterocycles. The Kier molecular flexibility index (Phi) is 10.5. The Morgan fingerprint density at radius 2 is 1.83 bits per heavy atom. The van der Waals surface area contributed by atoms with Crippen LogP contribution in [-0.4, -0.2) is 30.4 Å². The molecule has 74 valence electrons. The van der Waals surface area contributed by atoms with Crippen LogP contribution in [0, 0.1) is 0 Å². The molecule has 0 unspecified atom stereocenters. The number of rotatable bonds is 5. The molecule has 0 spiro atoms. The molecule has 0 heterocycles. The van der Waals surface area contributed by atoms with Crippen molar-refractivity contribution in [3.05, 3.63) is 0 Å². The van der Waals surface area contributed by atoms with Crippen LogP contribution in [-0.2, 0) is 4.79 Å². The van der Waals surface area contributed by atoms with Crippen molar-refractivity contribution in [1.29, 1.82) is 0 Å². The van der Waals surface area contributed by atoms with E-state index in [4.69, 9.17) is 5.73 Å². The zero-order valence-electron chi connectivity index (χ0n) is 7.88. The quantitative estimate of drug-likeness (QED) is 0.711. The third-order valence-electron chi connectivity index (χ3n) is 1.71. The summed E-state index contributed by atoms with van der Waals surface area (Å²) >= 11 is 0. The number of carbonyl (C=O) groups is 1. The lowest BCUT2D eigenvalue weighted by Gasteiger charge is -2.17. The van der Waals surface area contributed by atoms with Gasteiger partial charge < -0.3 is 10.6 Å². The Labute approximate surface area is 80.7 Å². The lowest BCUT2D eigenvalue weighted by molar-refractivity contribution is -0.130. The molecule has 2 N–H and O–H groups in total. The average Bonchev–Trinajstić information content (AvgIpc) is 2.03. The standard InChI is InChI=1S/C8H18N2O.ClH/c1-3-10(4-2)8(11)6-5-7-9;/h3-7,9H2,1-2H3;1H. The van der Waals surface area contributed by atoms with Gasteiger partial charge in [-0.15, -0.1) is 12.4 Å². The smallest absolute Gasteiger partial charge is 0.222 e. The first-order valence-electron chi connectivity index (χ1n) is 4.24. The minimum Gasteiger partial charge on any atom is -0.343 e. The van der Waals surface area contributed by atoms with Crippen LogP contribution in [0.15, 0.2) is 0 Å². The van der Waals surface area contributed by atoms with Crippen molar-refractivity contribution in [3.8, 4) is 0 Å². The zero-order valence-corrected chi connectivity index (χ0v) is 8.69. The molecular weight excluding hydrogens is 176 g/mol. The molecular formula is C8H19ClN2O. The first kappa shape index (κ1) is 14.3. The van der Waals surface area contributed by atoms with Gasteiger partial charge in [-0.1, -0.05) is 0 Å². The van der Waals surface area contributed by atoms with Gasteiger partial charge in [0.05, 0.1) is 0 Å². The third kappa shape index (κ3) is 5.38. The summed E-state index contributed by atoms with van der Waals surface area (Å²) in [4.78, 5) is 13.1. The number of halogens is 1. The van der Waals surface area contributed by atoms with E-state index >= 15 is 0 Å². The summed E-state index contributed by atoms with van der Waals surface area (Å²) in [7, 11) is 0. The normalized spacial score (nSPS) is 8.92. The summed E-state index contributed by atoms with van der Waals surface area (Å²) in [6, 6.07) is 0. The summed E-state index contributed by atoms with van der Waals surface area (Å²) in [6.07, 6.45) is 1.40. The first-order valence-corrected chi connectivity index (χ1v) is 4.24. The Morgan fingerprint density at radius 1 is 1.33 bits per heavy atom. The maximum atomic E-state index is 11.2. The maximum absolute atomic E-state index is 11.2. The topological polar surface area (TPSA) is 46.3 Å². The third-order valence-corrected chi connectivity index (χ3v) is 1.71. The molecule has 1 amide bonds. The summed E-state index contributed by atoms with van der Waals surface area (Å²) < 4.78 is 0. The predicted octanol–water partition coefficient (Wildman–Crippen LogP) is 1.02. The van der Waals surface area contributed by atoms with Gasteiger partial charge in [-0.2, -0.15) is 0 Å². The van der Waals surface area contributed by atoms with Crippen molar-refractivity contribution in [1.82, 2.24) is 4.90 Å². The van der Waals surface area contributed by atoms with Gasteiger partial charge in [-0.25, -0.2) is 0 Å². The van der Waals surface area contributed by atoms with E-state index in [0.717, 1.165) is 19.5 Å². The van der Waals surface area contributed by atoms with Crippen molar-refractivity contribution >= 4 is 18.3 Å². The van der Waals surface area contributed by atoms with Crippen molar-refractivity contribution < 1.29 is 4.79 Å². The Balaban J connectivity index is 0. The molecule has 0 aromatic carbocycles. The van der Waals surface area contributed by atoms with Crippen LogP contribution in [0.1, 0.15) is 26.7 Å². The van der Waals surface area contributed by atoms with Crippen LogP contribution in [0.2, 0.25) is 0 Å². The molecule has 0 saturated carbocycles. The molecule has 3 nitrogen and oxygen atoms in total. The highest BCUT2D eigenvalue weighted by Crippen LogP contribution is 1.95. The largest absolute Gasteiger partial charge is 0.343 e. The van der Waals surface area contributed by atoms with E-state index in [9.17, 15) is 4.79 Å². The molecule has 0 atom stereocenters. The van der Waals surface area contributed by atoms with Crippen molar-refractivity contribution in [2.45, 2.75) is 26.7 Å². The van der Waals surface area contributed by atoms with Crippen LogP contribution < -0.4 is 5.73 Å². The van der Waals surface area contributed by atoms with Gasteiger partial charge in [0.2, 0.25) is 5.91 Å². The summed E-state index contributed by atoms with van der Waals surface area (Å²) in [5.74, 6) is 0.223. The number of nitrogens with zero attached hydrogens (tertiary/aromatic N) is 1. The lowest BCUT2D eigenvalue weighted by atomic mass is 10.3. The number of carbonyl (C=O) groups excluding carboxylic acids is 1. The minimum atomic E-state index is 0. The van der Waals surface area contributed by atoms with E-state index in [1.165, 1.54) is 0 Å². The number of hydrogen-bond donors (Lipinski definition) is 1. The van der Waals surface area contributed by atoms with Crippen LogP contribution in [0.5, 0.6) is 0 Å². The van der Waals surface area contributed by atoms with E-state index in [2.05, 4.69) is 0 Å². The van der Waals surface area contributed by atoms with Crippen molar-refractivity contribution in [3.63, 3.8) is 0 Å². The maximum Gasteiger partial charge on any atom is 0.222 e. The molecule has 0 bridgehead atoms. The van der Waals surface area contributed by atoms with Crippen LogP contribution in [0.4, 0.5) is 0 Å². The number of nitrogens with two attached hydrogens (primary N) is 1. The fraction of sp³-hybridized carbons (Fsp3) is 0.875. The molecule has 0 radical (unpaired) electrons. The molecule has 0 aliphatic carbocycles. The second-order valence-electron chi connectivity index (χ2n) is 2.46. The summed E-state index contributed by atoms with van der Waals surface area (Å²) in [5.41, 5.74) is 5.29. The van der Waals surface area contributed by atoms with Gasteiger partial charge in [0, 0.05) is 19.5 Å². The van der Waals surface area contributed by atoms with Crippen molar-refractivity contribution in [2.24, 2.45) is 5.73 Å². The molecule has 0 aliphatic rings. The summed E-state index contributed by atoms with van der Waals surface area (Å²) in [5, 5.41) is 0. The SMILES string of the molecule is CCN(CC)C(=O)CCCN.Cl. The molecule has 0 aromatic rings. The zero-order chi connectivity index (χ0) is 8.69. The minimum absolute atomic E-state index is 0. The number of hydrogen-bond acceptors (Lipinski definition) is 2. The second-order valence-corrected chi connectivity index (χ2v) is 2.46. The van der Waals surface area contributed by atoms with E-state index in [1.54, 1.807) is 0 Å². The van der Waals surface area contributed by atoms with E-state index < -0.39 is 0 Å². The van der Waals surface area contributed by atoms with E-state index in [0.29, 0.717) is 13.0 Å². The van der Waals surface area contributed by atoms with E-state index in [-0.39, 0.29) is 18.3 Å². The van der Waals surface area contributed by atoms with Gasteiger partial charge in [0.25, 0.3) is 0 Å². The second kappa shape index (κ2) is 8.81. The summed E-state index contributed by atoms with van der Waals surface area (Å²) in [6.45, 7) is 6.19. The first-order chi connectivity index (χ1) is 5.26. The average molecular weight is 195 g/mol. The van der Waals surface area contributed by atoms with Crippen molar-refractivity contribution in [2.75, 3.05) is 19.6 Å². The van der Waals surface area contributed by atoms with Gasteiger partial charge in [-0.3, -0.25) is 4.79 Å². The fourth-order valence-corrected chi connectivity index (χ4v) is 0.988.